The summed E-state index contributed by atoms with van der Waals surface area (Å²) in [6, 6.07) is 11.9. The van der Waals surface area contributed by atoms with E-state index in [-0.39, 0.29) is 0 Å². The minimum absolute atomic E-state index is 0.631. The SMILES string of the molecule is CCCNC(CCc1ccc(C)cc1)CCc1ccsc1. The molecule has 0 radical (unpaired) electrons. The highest BCUT2D eigenvalue weighted by molar-refractivity contribution is 7.07. The minimum Gasteiger partial charge on any atom is -0.314 e. The van der Waals surface area contributed by atoms with Crippen molar-refractivity contribution < 1.29 is 0 Å². The zero-order valence-corrected chi connectivity index (χ0v) is 14.1. The van der Waals surface area contributed by atoms with Gasteiger partial charge in [0, 0.05) is 6.04 Å². The van der Waals surface area contributed by atoms with Gasteiger partial charge in [-0.3, -0.25) is 0 Å². The molecule has 114 valence electrons. The summed E-state index contributed by atoms with van der Waals surface area (Å²) >= 11 is 1.80. The number of benzene rings is 1. The normalized spacial score (nSPS) is 12.5. The van der Waals surface area contributed by atoms with Crippen molar-refractivity contribution in [2.24, 2.45) is 0 Å². The van der Waals surface area contributed by atoms with Gasteiger partial charge in [-0.25, -0.2) is 0 Å². The van der Waals surface area contributed by atoms with Gasteiger partial charge in [-0.15, -0.1) is 0 Å². The van der Waals surface area contributed by atoms with E-state index in [9.17, 15) is 0 Å². The molecule has 0 saturated heterocycles. The Morgan fingerprint density at radius 2 is 1.71 bits per heavy atom. The molecule has 0 amide bonds. The van der Waals surface area contributed by atoms with E-state index in [0.29, 0.717) is 6.04 Å². The first-order valence-corrected chi connectivity index (χ1v) is 9.02. The number of hydrogen-bond donors (Lipinski definition) is 1. The largest absolute Gasteiger partial charge is 0.314 e. The van der Waals surface area contributed by atoms with Gasteiger partial charge in [0.05, 0.1) is 0 Å². The van der Waals surface area contributed by atoms with Crippen LogP contribution in [0.1, 0.15) is 42.9 Å². The van der Waals surface area contributed by atoms with Crippen molar-refractivity contribution in [3.63, 3.8) is 0 Å². The topological polar surface area (TPSA) is 12.0 Å². The van der Waals surface area contributed by atoms with Crippen LogP contribution in [0.5, 0.6) is 0 Å². The predicted molar refractivity (Wildman–Crippen MR) is 94.2 cm³/mol. The van der Waals surface area contributed by atoms with Gasteiger partial charge in [-0.2, -0.15) is 11.3 Å². The molecule has 1 unspecified atom stereocenters. The van der Waals surface area contributed by atoms with E-state index < -0.39 is 0 Å². The highest BCUT2D eigenvalue weighted by Gasteiger charge is 2.08. The zero-order valence-electron chi connectivity index (χ0n) is 13.3. The smallest absolute Gasteiger partial charge is 0.00733 e. The van der Waals surface area contributed by atoms with Crippen molar-refractivity contribution in [2.75, 3.05) is 6.54 Å². The van der Waals surface area contributed by atoms with Gasteiger partial charge in [-0.1, -0.05) is 36.8 Å². The molecule has 1 nitrogen and oxygen atoms in total. The fourth-order valence-corrected chi connectivity index (χ4v) is 3.27. The van der Waals surface area contributed by atoms with Crippen molar-refractivity contribution in [3.8, 4) is 0 Å². The molecule has 2 aromatic rings. The third kappa shape index (κ3) is 6.03. The van der Waals surface area contributed by atoms with Crippen LogP contribution in [0.4, 0.5) is 0 Å². The van der Waals surface area contributed by atoms with Crippen molar-refractivity contribution >= 4 is 11.3 Å². The Balaban J connectivity index is 1.81. The first kappa shape index (κ1) is 16.3. The summed E-state index contributed by atoms with van der Waals surface area (Å²) in [4.78, 5) is 0. The van der Waals surface area contributed by atoms with E-state index in [1.54, 1.807) is 11.3 Å². The molecule has 0 aliphatic heterocycles. The number of aryl methyl sites for hydroxylation is 3. The van der Waals surface area contributed by atoms with E-state index in [4.69, 9.17) is 0 Å². The van der Waals surface area contributed by atoms with Crippen LogP contribution < -0.4 is 5.32 Å². The fraction of sp³-hybridized carbons (Fsp3) is 0.474. The molecule has 0 saturated carbocycles. The standard InChI is InChI=1S/C19H27NS/c1-3-13-20-19(11-9-18-12-14-21-15-18)10-8-17-6-4-16(2)5-7-17/h4-7,12,14-15,19-20H,3,8-11,13H2,1-2H3. The van der Waals surface area contributed by atoms with Gasteiger partial charge in [0.2, 0.25) is 0 Å². The molecule has 1 heterocycles. The van der Waals surface area contributed by atoms with Gasteiger partial charge in [0.15, 0.2) is 0 Å². The van der Waals surface area contributed by atoms with Crippen molar-refractivity contribution in [1.82, 2.24) is 5.32 Å². The Morgan fingerprint density at radius 1 is 1.00 bits per heavy atom. The lowest BCUT2D eigenvalue weighted by Crippen LogP contribution is -2.30. The Labute approximate surface area is 133 Å². The third-order valence-corrected chi connectivity index (χ3v) is 4.68. The number of rotatable bonds is 9. The molecule has 0 fully saturated rings. The maximum Gasteiger partial charge on any atom is 0.00733 e. The summed E-state index contributed by atoms with van der Waals surface area (Å²) in [6.07, 6.45) is 6.04. The molecule has 0 bridgehead atoms. The fourth-order valence-electron chi connectivity index (χ4n) is 2.57. The molecule has 2 heteroatoms. The number of nitrogens with one attached hydrogen (secondary N) is 1. The molecular weight excluding hydrogens is 274 g/mol. The van der Waals surface area contributed by atoms with Crippen LogP contribution in [0.2, 0.25) is 0 Å². The Morgan fingerprint density at radius 3 is 2.33 bits per heavy atom. The molecule has 21 heavy (non-hydrogen) atoms. The van der Waals surface area contributed by atoms with Crippen LogP contribution in [0, 0.1) is 6.92 Å². The zero-order chi connectivity index (χ0) is 14.9. The average molecular weight is 301 g/mol. The molecule has 0 spiro atoms. The summed E-state index contributed by atoms with van der Waals surface area (Å²) < 4.78 is 0. The van der Waals surface area contributed by atoms with Crippen LogP contribution >= 0.6 is 11.3 Å². The van der Waals surface area contributed by atoms with Gasteiger partial charge >= 0.3 is 0 Å². The van der Waals surface area contributed by atoms with Crippen LogP contribution in [0.15, 0.2) is 41.1 Å². The quantitative estimate of drug-likeness (QED) is 0.688. The van der Waals surface area contributed by atoms with Crippen LogP contribution in [-0.2, 0) is 12.8 Å². The van der Waals surface area contributed by atoms with Crippen LogP contribution in [0.3, 0.4) is 0 Å². The Bertz CT molecular complexity index is 487. The Hall–Kier alpha value is -1.12. The van der Waals surface area contributed by atoms with Crippen LogP contribution in [-0.4, -0.2) is 12.6 Å². The third-order valence-electron chi connectivity index (χ3n) is 3.95. The lowest BCUT2D eigenvalue weighted by Gasteiger charge is -2.18. The second-order valence-electron chi connectivity index (χ2n) is 5.85. The number of thiophene rings is 1. The van der Waals surface area contributed by atoms with E-state index in [0.717, 1.165) is 6.54 Å². The summed E-state index contributed by atoms with van der Waals surface area (Å²) in [5, 5.41) is 8.17. The lowest BCUT2D eigenvalue weighted by atomic mass is 9.99. The van der Waals surface area contributed by atoms with Crippen LogP contribution in [0.25, 0.3) is 0 Å². The molecule has 0 aliphatic carbocycles. The molecule has 0 aliphatic rings. The predicted octanol–water partition coefficient (Wildman–Crippen LogP) is 4.99. The molecule has 1 aromatic heterocycles. The summed E-state index contributed by atoms with van der Waals surface area (Å²) in [7, 11) is 0. The molecule has 2 rings (SSSR count). The van der Waals surface area contributed by atoms with Crippen molar-refractivity contribution in [1.29, 1.82) is 0 Å². The second-order valence-corrected chi connectivity index (χ2v) is 6.63. The van der Waals surface area contributed by atoms with E-state index in [1.807, 2.05) is 0 Å². The average Bonchev–Trinajstić information content (AvgIpc) is 3.01. The molecule has 1 atom stereocenters. The lowest BCUT2D eigenvalue weighted by molar-refractivity contribution is 0.453. The first-order chi connectivity index (χ1) is 10.3. The maximum absolute atomic E-state index is 3.72. The van der Waals surface area contributed by atoms with Gasteiger partial charge in [-0.05, 0) is 73.5 Å². The Kier molecular flexibility index (Phi) is 6.98. The molecular formula is C19H27NS. The maximum atomic E-state index is 3.72. The molecule has 1 aromatic carbocycles. The van der Waals surface area contributed by atoms with Gasteiger partial charge in [0.25, 0.3) is 0 Å². The van der Waals surface area contributed by atoms with E-state index in [2.05, 4.69) is 60.3 Å². The van der Waals surface area contributed by atoms with Gasteiger partial charge < -0.3 is 5.32 Å². The minimum atomic E-state index is 0.631. The molecule has 1 N–H and O–H groups in total. The second kappa shape index (κ2) is 9.01. The number of hydrogen-bond acceptors (Lipinski definition) is 2. The van der Waals surface area contributed by atoms with Crippen molar-refractivity contribution in [2.45, 2.75) is 52.0 Å². The van der Waals surface area contributed by atoms with Crippen molar-refractivity contribution in [3.05, 3.63) is 57.8 Å². The highest BCUT2D eigenvalue weighted by Crippen LogP contribution is 2.14. The van der Waals surface area contributed by atoms with E-state index >= 15 is 0 Å². The summed E-state index contributed by atoms with van der Waals surface area (Å²) in [6.45, 7) is 5.52. The monoisotopic (exact) mass is 301 g/mol. The summed E-state index contributed by atoms with van der Waals surface area (Å²) in [5.74, 6) is 0. The summed E-state index contributed by atoms with van der Waals surface area (Å²) in [5.41, 5.74) is 4.29. The van der Waals surface area contributed by atoms with Gasteiger partial charge in [0.1, 0.15) is 0 Å². The highest BCUT2D eigenvalue weighted by atomic mass is 32.1. The van der Waals surface area contributed by atoms with E-state index in [1.165, 1.54) is 48.8 Å². The first-order valence-electron chi connectivity index (χ1n) is 8.08.